The van der Waals surface area contributed by atoms with E-state index >= 15 is 0 Å². The van der Waals surface area contributed by atoms with Gasteiger partial charge in [-0.25, -0.2) is 0 Å². The lowest BCUT2D eigenvalue weighted by molar-refractivity contribution is 0.372. The van der Waals surface area contributed by atoms with Crippen LogP contribution in [0.1, 0.15) is 37.5 Å². The Labute approximate surface area is 108 Å². The zero-order valence-corrected chi connectivity index (χ0v) is 11.4. The summed E-state index contributed by atoms with van der Waals surface area (Å²) in [7, 11) is 2.05. The van der Waals surface area contributed by atoms with E-state index in [2.05, 4.69) is 50.5 Å². The molecule has 1 heterocycles. The van der Waals surface area contributed by atoms with Crippen LogP contribution in [-0.4, -0.2) is 13.1 Å². The minimum absolute atomic E-state index is 0.195. The summed E-state index contributed by atoms with van der Waals surface area (Å²) in [5, 5.41) is 4.63. The second-order valence-corrected chi connectivity index (χ2v) is 5.94. The van der Waals surface area contributed by atoms with Crippen LogP contribution in [-0.2, 0) is 5.41 Å². The van der Waals surface area contributed by atoms with Gasteiger partial charge in [-0.15, -0.1) is 0 Å². The van der Waals surface area contributed by atoms with Crippen LogP contribution in [0.25, 0.3) is 11.0 Å². The zero-order valence-electron chi connectivity index (χ0n) is 11.4. The first-order valence-corrected chi connectivity index (χ1v) is 6.79. The van der Waals surface area contributed by atoms with Gasteiger partial charge >= 0.3 is 0 Å². The van der Waals surface area contributed by atoms with Gasteiger partial charge in [-0.05, 0) is 51.4 Å². The van der Waals surface area contributed by atoms with Crippen molar-refractivity contribution in [3.05, 3.63) is 35.6 Å². The Bertz CT molecular complexity index is 571. The van der Waals surface area contributed by atoms with Crippen molar-refractivity contribution < 1.29 is 4.42 Å². The summed E-state index contributed by atoms with van der Waals surface area (Å²) in [6.07, 6.45) is 3.61. The van der Waals surface area contributed by atoms with E-state index in [0.717, 1.165) is 11.3 Å². The number of hydrogen-bond donors (Lipinski definition) is 1. The van der Waals surface area contributed by atoms with Crippen LogP contribution in [0.5, 0.6) is 0 Å². The summed E-state index contributed by atoms with van der Waals surface area (Å²) < 4.78 is 6.08. The van der Waals surface area contributed by atoms with Crippen LogP contribution in [0.2, 0.25) is 0 Å². The highest BCUT2D eigenvalue weighted by Gasteiger charge is 2.38. The first-order valence-electron chi connectivity index (χ1n) is 6.79. The van der Waals surface area contributed by atoms with Crippen LogP contribution in [0.4, 0.5) is 0 Å². The lowest BCUT2D eigenvalue weighted by Gasteiger charge is -2.21. The lowest BCUT2D eigenvalue weighted by Crippen LogP contribution is -2.25. The predicted molar refractivity (Wildman–Crippen MR) is 75.0 cm³/mol. The molecular weight excluding hydrogens is 222 g/mol. The van der Waals surface area contributed by atoms with E-state index in [-0.39, 0.29) is 5.41 Å². The van der Waals surface area contributed by atoms with Crippen molar-refractivity contribution in [2.75, 3.05) is 7.05 Å². The van der Waals surface area contributed by atoms with E-state index in [1.807, 2.05) is 0 Å². The average molecular weight is 243 g/mol. The maximum Gasteiger partial charge on any atom is 0.134 e. The van der Waals surface area contributed by atoms with Crippen LogP contribution in [0.15, 0.2) is 28.7 Å². The van der Waals surface area contributed by atoms with Gasteiger partial charge in [0.2, 0.25) is 0 Å². The summed E-state index contributed by atoms with van der Waals surface area (Å²) in [5.74, 6) is 1.15. The van der Waals surface area contributed by atoms with E-state index in [0.29, 0.717) is 6.04 Å². The Kier molecular flexibility index (Phi) is 2.70. The Hall–Kier alpha value is -1.28. The molecule has 1 aliphatic rings. The standard InChI is InChI=1S/C16H21NO/c1-11-4-5-14-12(8-11)9-15(18-14)16(2)7-6-13(10-16)17-3/h4-5,8-9,13,17H,6-7,10H2,1-3H3. The molecule has 2 heteroatoms. The number of benzene rings is 1. The molecule has 1 N–H and O–H groups in total. The van der Waals surface area contributed by atoms with E-state index in [1.54, 1.807) is 0 Å². The maximum absolute atomic E-state index is 6.08. The number of aryl methyl sites for hydroxylation is 1. The fourth-order valence-electron chi connectivity index (χ4n) is 3.17. The first-order chi connectivity index (χ1) is 8.60. The van der Waals surface area contributed by atoms with Crippen molar-refractivity contribution in [1.82, 2.24) is 5.32 Å². The Morgan fingerprint density at radius 2 is 2.17 bits per heavy atom. The molecule has 2 nitrogen and oxygen atoms in total. The van der Waals surface area contributed by atoms with Crippen LogP contribution in [0, 0.1) is 6.92 Å². The minimum Gasteiger partial charge on any atom is -0.460 e. The molecule has 1 aromatic heterocycles. The molecule has 0 radical (unpaired) electrons. The monoisotopic (exact) mass is 243 g/mol. The van der Waals surface area contributed by atoms with Crippen molar-refractivity contribution >= 4 is 11.0 Å². The molecule has 1 aliphatic carbocycles. The summed E-state index contributed by atoms with van der Waals surface area (Å²) in [4.78, 5) is 0. The second kappa shape index (κ2) is 4.13. The van der Waals surface area contributed by atoms with Gasteiger partial charge in [0.25, 0.3) is 0 Å². The van der Waals surface area contributed by atoms with Gasteiger partial charge in [-0.3, -0.25) is 0 Å². The smallest absolute Gasteiger partial charge is 0.134 e. The number of hydrogen-bond acceptors (Lipinski definition) is 2. The Morgan fingerprint density at radius 1 is 1.33 bits per heavy atom. The fourth-order valence-corrected chi connectivity index (χ4v) is 3.17. The van der Waals surface area contributed by atoms with Gasteiger partial charge in [-0.2, -0.15) is 0 Å². The molecular formula is C16H21NO. The molecule has 1 aromatic carbocycles. The third kappa shape index (κ3) is 1.85. The molecule has 2 aromatic rings. The van der Waals surface area contributed by atoms with E-state index in [4.69, 9.17) is 4.42 Å². The second-order valence-electron chi connectivity index (χ2n) is 5.94. The molecule has 96 valence electrons. The highest BCUT2D eigenvalue weighted by molar-refractivity contribution is 5.79. The normalized spacial score (nSPS) is 28.1. The number of furan rings is 1. The zero-order chi connectivity index (χ0) is 12.8. The molecule has 0 amide bonds. The van der Waals surface area contributed by atoms with Gasteiger partial charge in [0.1, 0.15) is 11.3 Å². The summed E-state index contributed by atoms with van der Waals surface area (Å²) in [6.45, 7) is 4.45. The van der Waals surface area contributed by atoms with E-state index < -0.39 is 0 Å². The minimum atomic E-state index is 0.195. The fraction of sp³-hybridized carbons (Fsp3) is 0.500. The molecule has 3 rings (SSSR count). The van der Waals surface area contributed by atoms with Crippen molar-refractivity contribution in [2.45, 2.75) is 44.6 Å². The van der Waals surface area contributed by atoms with Crippen LogP contribution >= 0.6 is 0 Å². The average Bonchev–Trinajstić information content (AvgIpc) is 2.93. The summed E-state index contributed by atoms with van der Waals surface area (Å²) in [6, 6.07) is 9.27. The quantitative estimate of drug-likeness (QED) is 0.868. The first kappa shape index (κ1) is 11.8. The van der Waals surface area contributed by atoms with Crippen LogP contribution in [0.3, 0.4) is 0 Å². The highest BCUT2D eigenvalue weighted by atomic mass is 16.3. The Balaban J connectivity index is 1.99. The number of nitrogens with one attached hydrogen (secondary N) is 1. The van der Waals surface area contributed by atoms with Gasteiger partial charge < -0.3 is 9.73 Å². The number of fused-ring (bicyclic) bond motifs is 1. The molecule has 18 heavy (non-hydrogen) atoms. The molecule has 0 spiro atoms. The van der Waals surface area contributed by atoms with E-state index in [1.165, 1.54) is 30.2 Å². The molecule has 1 saturated carbocycles. The summed E-state index contributed by atoms with van der Waals surface area (Å²) in [5.41, 5.74) is 2.50. The van der Waals surface area contributed by atoms with Crippen molar-refractivity contribution in [1.29, 1.82) is 0 Å². The summed E-state index contributed by atoms with van der Waals surface area (Å²) >= 11 is 0. The van der Waals surface area contributed by atoms with Gasteiger partial charge in [0.15, 0.2) is 0 Å². The molecule has 1 fully saturated rings. The van der Waals surface area contributed by atoms with Crippen molar-refractivity contribution in [2.24, 2.45) is 0 Å². The Morgan fingerprint density at radius 3 is 2.89 bits per heavy atom. The third-order valence-corrected chi connectivity index (χ3v) is 4.42. The van der Waals surface area contributed by atoms with E-state index in [9.17, 15) is 0 Å². The maximum atomic E-state index is 6.08. The molecule has 2 atom stereocenters. The van der Waals surface area contributed by atoms with Crippen LogP contribution < -0.4 is 5.32 Å². The molecule has 0 saturated heterocycles. The molecule has 2 unspecified atom stereocenters. The lowest BCUT2D eigenvalue weighted by atomic mass is 9.85. The van der Waals surface area contributed by atoms with Crippen molar-refractivity contribution in [3.8, 4) is 0 Å². The van der Waals surface area contributed by atoms with Crippen molar-refractivity contribution in [3.63, 3.8) is 0 Å². The SMILES string of the molecule is CNC1CCC(C)(c2cc3cc(C)ccc3o2)C1. The predicted octanol–water partition coefficient (Wildman–Crippen LogP) is 3.77. The third-order valence-electron chi connectivity index (χ3n) is 4.42. The number of rotatable bonds is 2. The van der Waals surface area contributed by atoms with Gasteiger partial charge in [0.05, 0.1) is 0 Å². The highest BCUT2D eigenvalue weighted by Crippen LogP contribution is 2.42. The largest absolute Gasteiger partial charge is 0.460 e. The molecule has 0 bridgehead atoms. The molecule has 0 aliphatic heterocycles. The van der Waals surface area contributed by atoms with Gasteiger partial charge in [-0.1, -0.05) is 18.6 Å². The topological polar surface area (TPSA) is 25.2 Å². The van der Waals surface area contributed by atoms with Gasteiger partial charge in [0, 0.05) is 16.8 Å².